The summed E-state index contributed by atoms with van der Waals surface area (Å²) in [5.41, 5.74) is 7.89. The molecular formula is C13H17N5O. The van der Waals surface area contributed by atoms with Crippen LogP contribution in [0.2, 0.25) is 0 Å². The lowest BCUT2D eigenvalue weighted by Gasteiger charge is -2.13. The van der Waals surface area contributed by atoms with Gasteiger partial charge in [-0.05, 0) is 37.6 Å². The number of aryl methyl sites for hydroxylation is 1. The van der Waals surface area contributed by atoms with Gasteiger partial charge in [-0.2, -0.15) is 5.10 Å². The maximum atomic E-state index is 12.0. The van der Waals surface area contributed by atoms with E-state index in [2.05, 4.69) is 15.4 Å². The van der Waals surface area contributed by atoms with E-state index < -0.39 is 0 Å². The predicted molar refractivity (Wildman–Crippen MR) is 72.1 cm³/mol. The Hall–Kier alpha value is -2.21. The van der Waals surface area contributed by atoms with E-state index in [0.29, 0.717) is 12.1 Å². The Morgan fingerprint density at radius 1 is 1.53 bits per heavy atom. The first-order valence-electron chi connectivity index (χ1n) is 6.08. The molecule has 100 valence electrons. The molecule has 0 aliphatic carbocycles. The number of benzene rings is 1. The van der Waals surface area contributed by atoms with Gasteiger partial charge in [0.2, 0.25) is 0 Å². The number of hydrogen-bond donors (Lipinski definition) is 2. The van der Waals surface area contributed by atoms with Gasteiger partial charge in [0.15, 0.2) is 0 Å². The molecule has 0 bridgehead atoms. The topological polar surface area (TPSA) is 85.8 Å². The molecule has 0 aliphatic heterocycles. The van der Waals surface area contributed by atoms with Crippen molar-refractivity contribution in [3.63, 3.8) is 0 Å². The molecule has 19 heavy (non-hydrogen) atoms. The Balaban J connectivity index is 2.22. The highest BCUT2D eigenvalue weighted by Crippen LogP contribution is 2.14. The third kappa shape index (κ3) is 2.97. The largest absolute Gasteiger partial charge is 0.348 e. The molecule has 0 spiro atoms. The summed E-state index contributed by atoms with van der Waals surface area (Å²) in [6.07, 6.45) is 3.09. The second-order valence-electron chi connectivity index (χ2n) is 4.45. The van der Waals surface area contributed by atoms with E-state index >= 15 is 0 Å². The predicted octanol–water partition coefficient (Wildman–Crippen LogP) is 0.653. The summed E-state index contributed by atoms with van der Waals surface area (Å²) in [5, 5.41) is 6.89. The van der Waals surface area contributed by atoms with Crippen molar-refractivity contribution in [1.82, 2.24) is 20.1 Å². The molecule has 1 aromatic heterocycles. The molecule has 0 saturated heterocycles. The van der Waals surface area contributed by atoms with E-state index in [9.17, 15) is 4.79 Å². The monoisotopic (exact) mass is 259 g/mol. The van der Waals surface area contributed by atoms with Gasteiger partial charge in [0.05, 0.1) is 5.69 Å². The van der Waals surface area contributed by atoms with E-state index in [0.717, 1.165) is 11.3 Å². The molecule has 0 saturated carbocycles. The maximum absolute atomic E-state index is 12.0. The second kappa shape index (κ2) is 5.62. The van der Waals surface area contributed by atoms with Crippen molar-refractivity contribution in [1.29, 1.82) is 0 Å². The summed E-state index contributed by atoms with van der Waals surface area (Å²) in [7, 11) is 0. The van der Waals surface area contributed by atoms with Gasteiger partial charge in [-0.15, -0.1) is 0 Å². The van der Waals surface area contributed by atoms with E-state index in [1.807, 2.05) is 26.0 Å². The summed E-state index contributed by atoms with van der Waals surface area (Å²) in [5.74, 6) is -0.111. The van der Waals surface area contributed by atoms with Crippen LogP contribution in [0, 0.1) is 6.92 Å². The van der Waals surface area contributed by atoms with E-state index in [1.54, 1.807) is 17.1 Å². The van der Waals surface area contributed by atoms with Gasteiger partial charge in [-0.25, -0.2) is 9.67 Å². The van der Waals surface area contributed by atoms with Crippen LogP contribution in [0.25, 0.3) is 5.69 Å². The minimum atomic E-state index is -0.111. The minimum absolute atomic E-state index is 0.0399. The van der Waals surface area contributed by atoms with Crippen molar-refractivity contribution >= 4 is 5.91 Å². The smallest absolute Gasteiger partial charge is 0.251 e. The molecule has 0 fully saturated rings. The summed E-state index contributed by atoms with van der Waals surface area (Å²) < 4.78 is 1.65. The molecule has 6 heteroatoms. The highest BCUT2D eigenvalue weighted by Gasteiger charge is 2.12. The summed E-state index contributed by atoms with van der Waals surface area (Å²) >= 11 is 0. The molecule has 1 heterocycles. The quantitative estimate of drug-likeness (QED) is 0.844. The van der Waals surface area contributed by atoms with Crippen LogP contribution in [-0.2, 0) is 0 Å². The van der Waals surface area contributed by atoms with Crippen LogP contribution in [-0.4, -0.2) is 33.3 Å². The first kappa shape index (κ1) is 13.2. The lowest BCUT2D eigenvalue weighted by atomic mass is 10.1. The third-order valence-corrected chi connectivity index (χ3v) is 2.87. The fourth-order valence-corrected chi connectivity index (χ4v) is 1.75. The fourth-order valence-electron chi connectivity index (χ4n) is 1.75. The van der Waals surface area contributed by atoms with E-state index in [1.165, 1.54) is 6.33 Å². The van der Waals surface area contributed by atoms with Crippen molar-refractivity contribution in [2.45, 2.75) is 19.9 Å². The van der Waals surface area contributed by atoms with Gasteiger partial charge in [-0.1, -0.05) is 0 Å². The minimum Gasteiger partial charge on any atom is -0.348 e. The fraction of sp³-hybridized carbons (Fsp3) is 0.308. The van der Waals surface area contributed by atoms with Crippen LogP contribution in [0.1, 0.15) is 22.8 Å². The van der Waals surface area contributed by atoms with Crippen molar-refractivity contribution in [3.8, 4) is 5.69 Å². The lowest BCUT2D eigenvalue weighted by Crippen LogP contribution is -2.38. The SMILES string of the molecule is Cc1cc(-n2cncn2)ccc1C(=O)N[C@@H](C)CN. The number of hydrogen-bond acceptors (Lipinski definition) is 4. The zero-order valence-corrected chi connectivity index (χ0v) is 11.0. The van der Waals surface area contributed by atoms with Gasteiger partial charge in [0.25, 0.3) is 5.91 Å². The number of rotatable bonds is 4. The maximum Gasteiger partial charge on any atom is 0.251 e. The second-order valence-corrected chi connectivity index (χ2v) is 4.45. The van der Waals surface area contributed by atoms with Crippen molar-refractivity contribution < 1.29 is 4.79 Å². The van der Waals surface area contributed by atoms with Crippen molar-refractivity contribution in [3.05, 3.63) is 42.0 Å². The molecule has 2 rings (SSSR count). The molecule has 0 unspecified atom stereocenters. The van der Waals surface area contributed by atoms with Gasteiger partial charge < -0.3 is 11.1 Å². The molecule has 1 aromatic carbocycles. The molecule has 6 nitrogen and oxygen atoms in total. The third-order valence-electron chi connectivity index (χ3n) is 2.87. The average molecular weight is 259 g/mol. The molecular weight excluding hydrogens is 242 g/mol. The van der Waals surface area contributed by atoms with Crippen LogP contribution in [0.15, 0.2) is 30.9 Å². The Morgan fingerprint density at radius 2 is 2.32 bits per heavy atom. The van der Waals surface area contributed by atoms with Gasteiger partial charge in [-0.3, -0.25) is 4.79 Å². The highest BCUT2D eigenvalue weighted by molar-refractivity contribution is 5.96. The zero-order valence-electron chi connectivity index (χ0n) is 11.0. The number of nitrogens with zero attached hydrogens (tertiary/aromatic N) is 3. The van der Waals surface area contributed by atoms with Crippen molar-refractivity contribution in [2.24, 2.45) is 5.73 Å². The summed E-state index contributed by atoms with van der Waals surface area (Å²) in [6.45, 7) is 4.18. The lowest BCUT2D eigenvalue weighted by molar-refractivity contribution is 0.0940. The summed E-state index contributed by atoms with van der Waals surface area (Å²) in [4.78, 5) is 15.9. The first-order valence-corrected chi connectivity index (χ1v) is 6.08. The van der Waals surface area contributed by atoms with E-state index in [4.69, 9.17) is 5.73 Å². The standard InChI is InChI=1S/C13H17N5O/c1-9-5-11(18-8-15-7-16-18)3-4-12(9)13(19)17-10(2)6-14/h3-5,7-8,10H,6,14H2,1-2H3,(H,17,19)/t10-/m0/s1. The van der Waals surface area contributed by atoms with E-state index in [-0.39, 0.29) is 11.9 Å². The number of nitrogens with two attached hydrogens (primary N) is 1. The number of amides is 1. The molecule has 0 radical (unpaired) electrons. The Kier molecular flexibility index (Phi) is 3.91. The average Bonchev–Trinajstić information content (AvgIpc) is 2.92. The summed E-state index contributed by atoms with van der Waals surface area (Å²) in [6, 6.07) is 5.48. The number of carbonyl (C=O) groups is 1. The molecule has 1 amide bonds. The van der Waals surface area contributed by atoms with Crippen LogP contribution in [0.5, 0.6) is 0 Å². The van der Waals surface area contributed by atoms with Gasteiger partial charge >= 0.3 is 0 Å². The molecule has 3 N–H and O–H groups in total. The Morgan fingerprint density at radius 3 is 2.89 bits per heavy atom. The molecule has 1 atom stereocenters. The van der Waals surface area contributed by atoms with Crippen molar-refractivity contribution in [2.75, 3.05) is 6.54 Å². The van der Waals surface area contributed by atoms with Crippen LogP contribution in [0.4, 0.5) is 0 Å². The highest BCUT2D eigenvalue weighted by atomic mass is 16.1. The normalized spacial score (nSPS) is 12.2. The Bertz CT molecular complexity index is 564. The van der Waals surface area contributed by atoms with Gasteiger partial charge in [0.1, 0.15) is 12.7 Å². The van der Waals surface area contributed by atoms with Crippen LogP contribution < -0.4 is 11.1 Å². The van der Waals surface area contributed by atoms with Crippen LogP contribution in [0.3, 0.4) is 0 Å². The molecule has 2 aromatic rings. The molecule has 0 aliphatic rings. The number of nitrogens with one attached hydrogen (secondary N) is 1. The van der Waals surface area contributed by atoms with Gasteiger partial charge in [0, 0.05) is 18.2 Å². The van der Waals surface area contributed by atoms with Crippen LogP contribution >= 0.6 is 0 Å². The number of aromatic nitrogens is 3. The number of carbonyl (C=O) groups excluding carboxylic acids is 1. The Labute approximate surface area is 111 Å². The first-order chi connectivity index (χ1) is 9.11. The zero-order chi connectivity index (χ0) is 13.8.